The average Bonchev–Trinajstić information content (AvgIpc) is 3.11. The molecule has 0 aliphatic carbocycles. The topological polar surface area (TPSA) is 46.9 Å². The van der Waals surface area contributed by atoms with Crippen molar-refractivity contribution < 1.29 is 9.18 Å². The lowest BCUT2D eigenvalue weighted by atomic mass is 10.1. The second kappa shape index (κ2) is 11.5. The van der Waals surface area contributed by atoms with Crippen molar-refractivity contribution in [2.24, 2.45) is 0 Å². The van der Waals surface area contributed by atoms with Crippen LogP contribution in [0.15, 0.2) is 48.5 Å². The standard InChI is InChI=1S/C25H32FN3O/c1-2-3-4-5-6-11-19-29-23-16-10-9-15-22(23)28-24(29)17-12-18-27-25(30)20-13-7-8-14-21(20)26/h7-10,13-16H,2-6,11-12,17-19H2,1H3,(H,27,30). The third-order valence-corrected chi connectivity index (χ3v) is 5.45. The van der Waals surface area contributed by atoms with Crippen LogP contribution in [-0.4, -0.2) is 22.0 Å². The molecule has 1 amide bonds. The van der Waals surface area contributed by atoms with Crippen molar-refractivity contribution in [3.05, 3.63) is 65.7 Å². The number of nitrogens with one attached hydrogen (secondary N) is 1. The van der Waals surface area contributed by atoms with Crippen molar-refractivity contribution in [3.63, 3.8) is 0 Å². The van der Waals surface area contributed by atoms with Crippen LogP contribution in [0.1, 0.15) is 68.1 Å². The maximum Gasteiger partial charge on any atom is 0.254 e. The van der Waals surface area contributed by atoms with Crippen LogP contribution in [0, 0.1) is 5.82 Å². The summed E-state index contributed by atoms with van der Waals surface area (Å²) in [4.78, 5) is 17.0. The number of aryl methyl sites for hydroxylation is 2. The SMILES string of the molecule is CCCCCCCCn1c(CCCNC(=O)c2ccccc2F)nc2ccccc21. The Hall–Kier alpha value is -2.69. The molecule has 5 heteroatoms. The summed E-state index contributed by atoms with van der Waals surface area (Å²) in [5, 5.41) is 2.82. The Morgan fingerprint density at radius 1 is 0.967 bits per heavy atom. The lowest BCUT2D eigenvalue weighted by Crippen LogP contribution is -2.25. The zero-order valence-electron chi connectivity index (χ0n) is 17.9. The molecule has 30 heavy (non-hydrogen) atoms. The fraction of sp³-hybridized carbons (Fsp3) is 0.440. The zero-order valence-corrected chi connectivity index (χ0v) is 17.9. The van der Waals surface area contributed by atoms with E-state index < -0.39 is 5.82 Å². The van der Waals surface area contributed by atoms with Crippen molar-refractivity contribution in [1.82, 2.24) is 14.9 Å². The first-order valence-corrected chi connectivity index (χ1v) is 11.2. The van der Waals surface area contributed by atoms with E-state index in [1.54, 1.807) is 12.1 Å². The van der Waals surface area contributed by atoms with Crippen molar-refractivity contribution in [2.75, 3.05) is 6.54 Å². The minimum atomic E-state index is -0.490. The Bertz CT molecular complexity index is 950. The summed E-state index contributed by atoms with van der Waals surface area (Å²) in [5.74, 6) is 0.203. The summed E-state index contributed by atoms with van der Waals surface area (Å²) < 4.78 is 16.1. The van der Waals surface area contributed by atoms with Gasteiger partial charge in [0.05, 0.1) is 16.6 Å². The molecule has 160 valence electrons. The molecule has 2 aromatic carbocycles. The van der Waals surface area contributed by atoms with Gasteiger partial charge in [0.15, 0.2) is 0 Å². The van der Waals surface area contributed by atoms with Crippen molar-refractivity contribution in [2.45, 2.75) is 64.8 Å². The van der Waals surface area contributed by atoms with Crippen molar-refractivity contribution in [1.29, 1.82) is 0 Å². The highest BCUT2D eigenvalue weighted by Gasteiger charge is 2.12. The number of nitrogens with zero attached hydrogens (tertiary/aromatic N) is 2. The van der Waals surface area contributed by atoms with Gasteiger partial charge in [-0.3, -0.25) is 4.79 Å². The molecule has 0 aliphatic rings. The quantitative estimate of drug-likeness (QED) is 0.379. The van der Waals surface area contributed by atoms with E-state index in [-0.39, 0.29) is 11.5 Å². The number of unbranched alkanes of at least 4 members (excludes halogenated alkanes) is 5. The number of carbonyl (C=O) groups excluding carboxylic acids is 1. The van der Waals surface area contributed by atoms with Gasteiger partial charge >= 0.3 is 0 Å². The monoisotopic (exact) mass is 409 g/mol. The molecule has 0 spiro atoms. The van der Waals surface area contributed by atoms with Crippen LogP contribution >= 0.6 is 0 Å². The van der Waals surface area contributed by atoms with Crippen LogP contribution in [0.2, 0.25) is 0 Å². The molecular formula is C25H32FN3O. The molecule has 0 bridgehead atoms. The maximum absolute atomic E-state index is 13.7. The molecule has 3 aromatic rings. The Morgan fingerprint density at radius 2 is 1.70 bits per heavy atom. The van der Waals surface area contributed by atoms with Gasteiger partial charge < -0.3 is 9.88 Å². The predicted octanol–water partition coefficient (Wildman–Crippen LogP) is 5.90. The minimum absolute atomic E-state index is 0.0906. The van der Waals surface area contributed by atoms with Gasteiger partial charge in [-0.2, -0.15) is 0 Å². The summed E-state index contributed by atoms with van der Waals surface area (Å²) in [6, 6.07) is 14.3. The molecule has 3 rings (SSSR count). The smallest absolute Gasteiger partial charge is 0.254 e. The largest absolute Gasteiger partial charge is 0.352 e. The number of carbonyl (C=O) groups is 1. The van der Waals surface area contributed by atoms with Crippen LogP contribution < -0.4 is 5.32 Å². The fourth-order valence-corrected chi connectivity index (χ4v) is 3.81. The number of aromatic nitrogens is 2. The zero-order chi connectivity index (χ0) is 21.2. The van der Waals surface area contributed by atoms with Gasteiger partial charge in [-0.25, -0.2) is 9.37 Å². The fourth-order valence-electron chi connectivity index (χ4n) is 3.81. The maximum atomic E-state index is 13.7. The average molecular weight is 410 g/mol. The number of rotatable bonds is 12. The molecule has 0 aliphatic heterocycles. The van der Waals surface area contributed by atoms with Gasteiger partial charge in [-0.05, 0) is 37.1 Å². The summed E-state index contributed by atoms with van der Waals surface area (Å²) >= 11 is 0. The van der Waals surface area contributed by atoms with Gasteiger partial charge in [0.1, 0.15) is 11.6 Å². The Kier molecular flexibility index (Phi) is 8.42. The van der Waals surface area contributed by atoms with E-state index in [4.69, 9.17) is 4.98 Å². The lowest BCUT2D eigenvalue weighted by Gasteiger charge is -2.10. The van der Waals surface area contributed by atoms with Gasteiger partial charge in [-0.15, -0.1) is 0 Å². The van der Waals surface area contributed by atoms with E-state index in [1.165, 1.54) is 49.8 Å². The number of para-hydroxylation sites is 2. The molecule has 0 saturated heterocycles. The Balaban J connectivity index is 1.54. The summed E-state index contributed by atoms with van der Waals surface area (Å²) in [6.45, 7) is 3.71. The molecule has 1 N–H and O–H groups in total. The number of hydrogen-bond donors (Lipinski definition) is 1. The molecule has 0 saturated carbocycles. The normalized spacial score (nSPS) is 11.1. The second-order valence-electron chi connectivity index (χ2n) is 7.78. The number of imidazole rings is 1. The minimum Gasteiger partial charge on any atom is -0.352 e. The van der Waals surface area contributed by atoms with Gasteiger partial charge in [-0.1, -0.05) is 63.3 Å². The number of hydrogen-bond acceptors (Lipinski definition) is 2. The van der Waals surface area contributed by atoms with E-state index in [0.29, 0.717) is 6.54 Å². The number of amides is 1. The molecule has 0 fully saturated rings. The first-order chi connectivity index (χ1) is 14.7. The van der Waals surface area contributed by atoms with Crippen LogP contribution in [0.25, 0.3) is 11.0 Å². The van der Waals surface area contributed by atoms with E-state index in [0.717, 1.165) is 37.1 Å². The predicted molar refractivity (Wildman–Crippen MR) is 120 cm³/mol. The summed E-state index contributed by atoms with van der Waals surface area (Å²) in [7, 11) is 0. The van der Waals surface area contributed by atoms with Crippen molar-refractivity contribution in [3.8, 4) is 0 Å². The van der Waals surface area contributed by atoms with Crippen LogP contribution in [0.4, 0.5) is 4.39 Å². The highest BCUT2D eigenvalue weighted by Crippen LogP contribution is 2.19. The first kappa shape index (κ1) is 22.0. The number of benzene rings is 2. The highest BCUT2D eigenvalue weighted by molar-refractivity contribution is 5.94. The van der Waals surface area contributed by atoms with E-state index in [2.05, 4.69) is 35.0 Å². The third kappa shape index (κ3) is 5.91. The Labute approximate surface area is 178 Å². The molecule has 0 unspecified atom stereocenters. The molecule has 0 radical (unpaired) electrons. The van der Waals surface area contributed by atoms with Gasteiger partial charge in [0.2, 0.25) is 0 Å². The van der Waals surface area contributed by atoms with E-state index in [1.807, 2.05) is 6.07 Å². The molecule has 1 heterocycles. The third-order valence-electron chi connectivity index (χ3n) is 5.45. The van der Waals surface area contributed by atoms with Crippen LogP contribution in [-0.2, 0) is 13.0 Å². The van der Waals surface area contributed by atoms with E-state index >= 15 is 0 Å². The second-order valence-corrected chi connectivity index (χ2v) is 7.78. The van der Waals surface area contributed by atoms with Gasteiger partial charge in [0, 0.05) is 19.5 Å². The van der Waals surface area contributed by atoms with Crippen LogP contribution in [0.3, 0.4) is 0 Å². The Morgan fingerprint density at radius 3 is 2.53 bits per heavy atom. The first-order valence-electron chi connectivity index (χ1n) is 11.2. The summed E-state index contributed by atoms with van der Waals surface area (Å²) in [6.07, 6.45) is 9.13. The molecule has 0 atom stereocenters. The van der Waals surface area contributed by atoms with Gasteiger partial charge in [0.25, 0.3) is 5.91 Å². The number of halogens is 1. The number of fused-ring (bicyclic) bond motifs is 1. The van der Waals surface area contributed by atoms with Crippen LogP contribution in [0.5, 0.6) is 0 Å². The van der Waals surface area contributed by atoms with E-state index in [9.17, 15) is 9.18 Å². The van der Waals surface area contributed by atoms with Crippen molar-refractivity contribution >= 4 is 16.9 Å². The molecule has 4 nitrogen and oxygen atoms in total. The molecular weight excluding hydrogens is 377 g/mol. The summed E-state index contributed by atoms with van der Waals surface area (Å²) in [5.41, 5.74) is 2.29. The molecule has 1 aromatic heterocycles. The highest BCUT2D eigenvalue weighted by atomic mass is 19.1. The lowest BCUT2D eigenvalue weighted by molar-refractivity contribution is 0.0949.